The number of hydrogen-bond acceptors (Lipinski definition) is 10. The SMILES string of the molecule is Cc1cccc(-c2cnc(Nc3cnn(C4CCN(CC(=O)N5CCN(c6ccc7c(c6)CN(C6CCC(=O)NC6=O)C7=O)CC5)CC4)c3)c3nccn23)c1. The van der Waals surface area contributed by atoms with Crippen LogP contribution < -0.4 is 15.5 Å². The number of fused-ring (bicyclic) bond motifs is 2. The van der Waals surface area contributed by atoms with Crippen molar-refractivity contribution in [3.8, 4) is 11.3 Å². The summed E-state index contributed by atoms with van der Waals surface area (Å²) in [6.45, 7) is 7.13. The molecule has 4 aliphatic rings. The summed E-state index contributed by atoms with van der Waals surface area (Å²) in [6.07, 6.45) is 11.8. The van der Waals surface area contributed by atoms with E-state index in [9.17, 15) is 19.2 Å². The summed E-state index contributed by atoms with van der Waals surface area (Å²) in [6, 6.07) is 13.8. The first-order chi connectivity index (χ1) is 26.8. The lowest BCUT2D eigenvalue weighted by atomic mass is 10.0. The van der Waals surface area contributed by atoms with E-state index < -0.39 is 11.9 Å². The number of amides is 4. The van der Waals surface area contributed by atoms with Gasteiger partial charge in [0.25, 0.3) is 5.91 Å². The molecule has 4 amide bonds. The van der Waals surface area contributed by atoms with Crippen LogP contribution in [0.15, 0.2) is 73.4 Å². The zero-order chi connectivity index (χ0) is 37.6. The van der Waals surface area contributed by atoms with Crippen LogP contribution in [0, 0.1) is 6.92 Å². The van der Waals surface area contributed by atoms with E-state index in [-0.39, 0.29) is 30.2 Å². The zero-order valence-corrected chi connectivity index (χ0v) is 30.7. The van der Waals surface area contributed by atoms with Gasteiger partial charge < -0.3 is 20.0 Å². The van der Waals surface area contributed by atoms with Crippen molar-refractivity contribution in [2.45, 2.75) is 51.2 Å². The summed E-state index contributed by atoms with van der Waals surface area (Å²) in [5, 5.41) is 10.5. The fourth-order valence-electron chi connectivity index (χ4n) is 8.37. The average Bonchev–Trinajstić information content (AvgIpc) is 3.95. The highest BCUT2D eigenvalue weighted by Gasteiger charge is 2.39. The number of imide groups is 1. The second kappa shape index (κ2) is 14.3. The normalized spacial score (nSPS) is 19.6. The lowest BCUT2D eigenvalue weighted by Gasteiger charge is -2.38. The number of carbonyl (C=O) groups is 4. The second-order valence-corrected chi connectivity index (χ2v) is 14.9. The third-order valence-corrected chi connectivity index (χ3v) is 11.4. The molecule has 3 saturated heterocycles. The molecule has 1 atom stereocenters. The van der Waals surface area contributed by atoms with Crippen LogP contribution >= 0.6 is 0 Å². The number of imidazole rings is 1. The molecule has 55 heavy (non-hydrogen) atoms. The Hall–Kier alpha value is -6.09. The van der Waals surface area contributed by atoms with Crippen molar-refractivity contribution in [3.05, 3.63) is 90.1 Å². The second-order valence-electron chi connectivity index (χ2n) is 14.9. The lowest BCUT2D eigenvalue weighted by molar-refractivity contribution is -0.137. The number of aromatic nitrogens is 5. The van der Waals surface area contributed by atoms with Gasteiger partial charge in [0.15, 0.2) is 11.5 Å². The van der Waals surface area contributed by atoms with Crippen LogP contribution in [-0.2, 0) is 20.9 Å². The van der Waals surface area contributed by atoms with Crippen LogP contribution in [0.25, 0.3) is 16.9 Å². The highest BCUT2D eigenvalue weighted by Crippen LogP contribution is 2.32. The number of piperazine rings is 1. The van der Waals surface area contributed by atoms with Gasteiger partial charge in [0.05, 0.1) is 36.4 Å². The van der Waals surface area contributed by atoms with Crippen LogP contribution in [0.4, 0.5) is 17.2 Å². The maximum absolute atomic E-state index is 13.4. The van der Waals surface area contributed by atoms with Crippen molar-refractivity contribution in [2.75, 3.05) is 56.0 Å². The molecule has 0 radical (unpaired) electrons. The topological polar surface area (TPSA) is 153 Å². The smallest absolute Gasteiger partial charge is 0.255 e. The number of rotatable bonds is 8. The van der Waals surface area contributed by atoms with Crippen LogP contribution in [0.3, 0.4) is 0 Å². The van der Waals surface area contributed by atoms with Crippen molar-refractivity contribution in [1.29, 1.82) is 0 Å². The predicted molar refractivity (Wildman–Crippen MR) is 205 cm³/mol. The van der Waals surface area contributed by atoms with Crippen LogP contribution in [0.5, 0.6) is 0 Å². The zero-order valence-electron chi connectivity index (χ0n) is 30.7. The van der Waals surface area contributed by atoms with Crippen molar-refractivity contribution >= 4 is 46.5 Å². The first-order valence-electron chi connectivity index (χ1n) is 19.0. The van der Waals surface area contributed by atoms with E-state index in [1.807, 2.05) is 63.0 Å². The minimum atomic E-state index is -0.630. The molecule has 4 aliphatic heterocycles. The number of hydrogen-bond donors (Lipinski definition) is 2. The molecule has 0 saturated carbocycles. The van der Waals surface area contributed by atoms with Crippen LogP contribution in [0.2, 0.25) is 0 Å². The van der Waals surface area contributed by atoms with Crippen molar-refractivity contribution in [2.24, 2.45) is 0 Å². The number of anilines is 3. The van der Waals surface area contributed by atoms with Gasteiger partial charge >= 0.3 is 0 Å². The summed E-state index contributed by atoms with van der Waals surface area (Å²) in [4.78, 5) is 67.8. The molecule has 7 heterocycles. The van der Waals surface area contributed by atoms with E-state index in [1.165, 1.54) is 5.56 Å². The van der Waals surface area contributed by atoms with Gasteiger partial charge in [-0.05, 0) is 56.0 Å². The van der Waals surface area contributed by atoms with Crippen molar-refractivity contribution < 1.29 is 19.2 Å². The molecule has 15 heteroatoms. The largest absolute Gasteiger partial charge is 0.368 e. The Morgan fingerprint density at radius 3 is 2.58 bits per heavy atom. The molecule has 1 unspecified atom stereocenters. The number of benzene rings is 2. The maximum Gasteiger partial charge on any atom is 0.255 e. The van der Waals surface area contributed by atoms with E-state index >= 15 is 0 Å². The third kappa shape index (κ3) is 6.79. The number of likely N-dealkylation sites (tertiary alicyclic amines) is 1. The van der Waals surface area contributed by atoms with E-state index in [1.54, 1.807) is 11.1 Å². The molecule has 3 fully saturated rings. The van der Waals surface area contributed by atoms with Gasteiger partial charge in [-0.15, -0.1) is 0 Å². The molecular weight excluding hydrogens is 699 g/mol. The molecule has 3 aromatic heterocycles. The molecule has 5 aromatic rings. The molecular formula is C40H43N11O4. The standard InChI is InChI=1S/C40H43N11O4/c1-26-3-2-4-27(19-26)34-22-42-37(38-41-11-14-49(34)38)44-29-21-43-51(24-29)30-9-12-46(13-10-30)25-36(53)48-17-15-47(16-18-48)31-5-6-32-28(20-31)23-50(40(32)55)33-7-8-35(52)45-39(33)54/h2-6,11,14,19-22,24,30,33H,7-10,12-13,15-18,23,25H2,1H3,(H,42,44)(H,45,52,54). The van der Waals surface area contributed by atoms with Gasteiger partial charge in [-0.1, -0.05) is 23.8 Å². The molecule has 0 bridgehead atoms. The van der Waals surface area contributed by atoms with Gasteiger partial charge in [0.2, 0.25) is 17.7 Å². The minimum absolute atomic E-state index is 0.148. The Balaban J connectivity index is 0.750. The molecule has 2 aromatic carbocycles. The summed E-state index contributed by atoms with van der Waals surface area (Å²) < 4.78 is 4.07. The van der Waals surface area contributed by atoms with Gasteiger partial charge in [-0.3, -0.25) is 38.5 Å². The van der Waals surface area contributed by atoms with E-state index in [2.05, 4.69) is 55.6 Å². The number of aryl methyl sites for hydroxylation is 1. The summed E-state index contributed by atoms with van der Waals surface area (Å²) >= 11 is 0. The van der Waals surface area contributed by atoms with Gasteiger partial charge in [0.1, 0.15) is 6.04 Å². The summed E-state index contributed by atoms with van der Waals surface area (Å²) in [5.41, 5.74) is 7.32. The third-order valence-electron chi connectivity index (χ3n) is 11.4. The average molecular weight is 742 g/mol. The Labute approximate surface area is 317 Å². The van der Waals surface area contributed by atoms with E-state index in [4.69, 9.17) is 4.98 Å². The van der Waals surface area contributed by atoms with Crippen LogP contribution in [0.1, 0.15) is 53.2 Å². The Morgan fingerprint density at radius 1 is 0.945 bits per heavy atom. The highest BCUT2D eigenvalue weighted by molar-refractivity contribution is 6.05. The molecule has 15 nitrogen and oxygen atoms in total. The van der Waals surface area contributed by atoms with Crippen molar-refractivity contribution in [3.63, 3.8) is 0 Å². The molecule has 2 N–H and O–H groups in total. The fraction of sp³-hybridized carbons (Fsp3) is 0.375. The minimum Gasteiger partial charge on any atom is -0.368 e. The Bertz CT molecular complexity index is 2300. The Kier molecular flexibility index (Phi) is 9.00. The van der Waals surface area contributed by atoms with Crippen molar-refractivity contribution in [1.82, 2.24) is 44.2 Å². The summed E-state index contributed by atoms with van der Waals surface area (Å²) in [7, 11) is 0. The number of piperidine rings is 2. The predicted octanol–water partition coefficient (Wildman–Crippen LogP) is 3.39. The monoisotopic (exact) mass is 741 g/mol. The fourth-order valence-corrected chi connectivity index (χ4v) is 8.37. The van der Waals surface area contributed by atoms with E-state index in [0.29, 0.717) is 57.1 Å². The molecule has 9 rings (SSSR count). The number of nitrogens with zero attached hydrogens (tertiary/aromatic N) is 9. The van der Waals surface area contributed by atoms with E-state index in [0.717, 1.165) is 59.8 Å². The van der Waals surface area contributed by atoms with Crippen LogP contribution in [-0.4, -0.2) is 114 Å². The Morgan fingerprint density at radius 2 is 1.78 bits per heavy atom. The number of carbonyl (C=O) groups excluding carboxylic acids is 4. The quantitative estimate of drug-likeness (QED) is 0.227. The number of nitrogens with one attached hydrogen (secondary N) is 2. The lowest BCUT2D eigenvalue weighted by Crippen LogP contribution is -2.52. The van der Waals surface area contributed by atoms with Gasteiger partial charge in [-0.25, -0.2) is 9.97 Å². The first-order valence-corrected chi connectivity index (χ1v) is 19.0. The molecule has 0 aliphatic carbocycles. The highest BCUT2D eigenvalue weighted by atomic mass is 16.2. The maximum atomic E-state index is 13.4. The summed E-state index contributed by atoms with van der Waals surface area (Å²) in [5.74, 6) is -0.0657. The van der Waals surface area contributed by atoms with Gasteiger partial charge in [-0.2, -0.15) is 5.10 Å². The first kappa shape index (κ1) is 34.7. The van der Waals surface area contributed by atoms with Gasteiger partial charge in [0, 0.05) is 87.6 Å². The molecule has 282 valence electrons. The molecule has 0 spiro atoms.